The summed E-state index contributed by atoms with van der Waals surface area (Å²) < 4.78 is 24.4. The summed E-state index contributed by atoms with van der Waals surface area (Å²) in [5, 5.41) is 0. The molecule has 0 aromatic carbocycles. The summed E-state index contributed by atoms with van der Waals surface area (Å²) in [4.78, 5) is 0. The summed E-state index contributed by atoms with van der Waals surface area (Å²) in [5.41, 5.74) is 0. The molecular formula is C19H39O3P. The molecule has 0 amide bonds. The van der Waals surface area contributed by atoms with Gasteiger partial charge in [-0.3, -0.25) is 4.57 Å². The molecule has 23 heavy (non-hydrogen) atoms. The predicted molar refractivity (Wildman–Crippen MR) is 99.2 cm³/mol. The van der Waals surface area contributed by atoms with Gasteiger partial charge in [0.2, 0.25) is 0 Å². The fourth-order valence-electron chi connectivity index (χ4n) is 3.26. The highest BCUT2D eigenvalue weighted by Gasteiger charge is 2.24. The third kappa shape index (κ3) is 10.6. The molecule has 1 rings (SSSR count). The third-order valence-corrected chi connectivity index (χ3v) is 6.88. The molecule has 1 atom stereocenters. The lowest BCUT2D eigenvalue weighted by atomic mass is 9.87. The Bertz CT molecular complexity index is 314. The highest BCUT2D eigenvalue weighted by Crippen LogP contribution is 2.49. The molecule has 1 aliphatic rings. The molecule has 4 heteroatoms. The summed E-state index contributed by atoms with van der Waals surface area (Å²) in [6, 6.07) is 0. The number of hydrogen-bond acceptors (Lipinski definition) is 3. The molecule has 1 aliphatic carbocycles. The van der Waals surface area contributed by atoms with Crippen molar-refractivity contribution in [2.45, 2.75) is 97.3 Å². The van der Waals surface area contributed by atoms with Crippen LogP contribution in [0, 0.1) is 5.92 Å². The van der Waals surface area contributed by atoms with E-state index in [0.717, 1.165) is 31.6 Å². The van der Waals surface area contributed by atoms with Crippen molar-refractivity contribution in [3.05, 3.63) is 0 Å². The van der Waals surface area contributed by atoms with Crippen LogP contribution >= 0.6 is 7.60 Å². The van der Waals surface area contributed by atoms with Gasteiger partial charge in [0.25, 0.3) is 0 Å². The van der Waals surface area contributed by atoms with E-state index in [9.17, 15) is 4.57 Å². The van der Waals surface area contributed by atoms with Crippen LogP contribution in [0.25, 0.3) is 0 Å². The Hall–Kier alpha value is 0.150. The van der Waals surface area contributed by atoms with Gasteiger partial charge in [-0.1, -0.05) is 78.1 Å². The lowest BCUT2D eigenvalue weighted by Gasteiger charge is -2.23. The van der Waals surface area contributed by atoms with Gasteiger partial charge in [0.05, 0.1) is 19.4 Å². The van der Waals surface area contributed by atoms with Crippen LogP contribution in [0.3, 0.4) is 0 Å². The minimum absolute atomic E-state index is 0.586. The highest BCUT2D eigenvalue weighted by molar-refractivity contribution is 7.53. The van der Waals surface area contributed by atoms with Gasteiger partial charge >= 0.3 is 7.60 Å². The van der Waals surface area contributed by atoms with Gasteiger partial charge in [-0.25, -0.2) is 0 Å². The molecule has 1 fully saturated rings. The summed E-state index contributed by atoms with van der Waals surface area (Å²) in [6.45, 7) is 5.54. The number of unbranched alkanes of at least 4 members (excludes halogenated alkanes) is 5. The van der Waals surface area contributed by atoms with E-state index in [1.807, 2.05) is 0 Å². The first-order valence-corrected chi connectivity index (χ1v) is 11.8. The topological polar surface area (TPSA) is 35.5 Å². The highest BCUT2D eigenvalue weighted by atomic mass is 31.2. The molecule has 0 aliphatic heterocycles. The van der Waals surface area contributed by atoms with Crippen molar-refractivity contribution in [3.63, 3.8) is 0 Å². The van der Waals surface area contributed by atoms with E-state index in [-0.39, 0.29) is 0 Å². The zero-order valence-corrected chi connectivity index (χ0v) is 16.5. The van der Waals surface area contributed by atoms with Crippen LogP contribution in [0.5, 0.6) is 0 Å². The van der Waals surface area contributed by atoms with Gasteiger partial charge in [-0.05, 0) is 25.2 Å². The van der Waals surface area contributed by atoms with E-state index in [2.05, 4.69) is 13.8 Å². The molecule has 0 bridgehead atoms. The molecule has 3 nitrogen and oxygen atoms in total. The van der Waals surface area contributed by atoms with E-state index in [0.29, 0.717) is 19.4 Å². The molecule has 0 aromatic heterocycles. The largest absolute Gasteiger partial charge is 0.330 e. The van der Waals surface area contributed by atoms with E-state index in [1.54, 1.807) is 0 Å². The van der Waals surface area contributed by atoms with Gasteiger partial charge in [-0.15, -0.1) is 0 Å². The quantitative estimate of drug-likeness (QED) is 0.252. The average Bonchev–Trinajstić information content (AvgIpc) is 2.57. The SMILES string of the molecule is CCCCCCCOP(=O)(CCCC)OCCC1CCCCC1. The Balaban J connectivity index is 2.23. The monoisotopic (exact) mass is 346 g/mol. The van der Waals surface area contributed by atoms with Crippen molar-refractivity contribution >= 4 is 7.60 Å². The first-order chi connectivity index (χ1) is 11.2. The Morgan fingerprint density at radius 2 is 1.48 bits per heavy atom. The molecule has 0 N–H and O–H groups in total. The fraction of sp³-hybridized carbons (Fsp3) is 1.00. The third-order valence-electron chi connectivity index (χ3n) is 4.86. The minimum Gasteiger partial charge on any atom is -0.309 e. The second kappa shape index (κ2) is 13.4. The molecule has 138 valence electrons. The maximum absolute atomic E-state index is 12.9. The zero-order chi connectivity index (χ0) is 16.8. The lowest BCUT2D eigenvalue weighted by Crippen LogP contribution is -2.10. The van der Waals surface area contributed by atoms with Crippen LogP contribution in [-0.2, 0) is 13.6 Å². The fourth-order valence-corrected chi connectivity index (χ4v) is 5.09. The summed E-state index contributed by atoms with van der Waals surface area (Å²) in [6.07, 6.45) is 16.3. The Kier molecular flexibility index (Phi) is 12.4. The second-order valence-corrected chi connectivity index (χ2v) is 9.25. The van der Waals surface area contributed by atoms with Crippen LogP contribution in [-0.4, -0.2) is 19.4 Å². The van der Waals surface area contributed by atoms with Crippen LogP contribution in [0.4, 0.5) is 0 Å². The van der Waals surface area contributed by atoms with E-state index >= 15 is 0 Å². The first kappa shape index (κ1) is 21.2. The average molecular weight is 346 g/mol. The van der Waals surface area contributed by atoms with Crippen LogP contribution in [0.15, 0.2) is 0 Å². The molecule has 0 radical (unpaired) electrons. The van der Waals surface area contributed by atoms with Crippen molar-refractivity contribution in [2.75, 3.05) is 19.4 Å². The first-order valence-electron chi connectivity index (χ1n) is 10.1. The molecule has 0 heterocycles. The van der Waals surface area contributed by atoms with Crippen LogP contribution in [0.2, 0.25) is 0 Å². The van der Waals surface area contributed by atoms with Crippen molar-refractivity contribution < 1.29 is 13.6 Å². The predicted octanol–water partition coefficient (Wildman–Crippen LogP) is 6.95. The molecule has 1 unspecified atom stereocenters. The Morgan fingerprint density at radius 3 is 2.17 bits per heavy atom. The number of rotatable bonds is 14. The summed E-state index contributed by atoms with van der Waals surface area (Å²) in [7, 11) is -2.86. The minimum atomic E-state index is -2.86. The van der Waals surface area contributed by atoms with Crippen molar-refractivity contribution in [3.8, 4) is 0 Å². The van der Waals surface area contributed by atoms with Gasteiger partial charge in [0.15, 0.2) is 0 Å². The Labute approximate surface area is 144 Å². The van der Waals surface area contributed by atoms with Gasteiger partial charge < -0.3 is 9.05 Å². The summed E-state index contributed by atoms with van der Waals surface area (Å²) >= 11 is 0. The second-order valence-electron chi connectivity index (χ2n) is 7.06. The standard InChI is InChI=1S/C19H39O3P/c1-3-5-7-8-12-16-21-23(20,18-6-4-2)22-17-15-19-13-10-9-11-14-19/h19H,3-18H2,1-2H3. The smallest absolute Gasteiger partial charge is 0.309 e. The van der Waals surface area contributed by atoms with E-state index in [4.69, 9.17) is 9.05 Å². The van der Waals surface area contributed by atoms with Crippen molar-refractivity contribution in [1.29, 1.82) is 0 Å². The van der Waals surface area contributed by atoms with Crippen molar-refractivity contribution in [1.82, 2.24) is 0 Å². The maximum Gasteiger partial charge on any atom is 0.330 e. The Morgan fingerprint density at radius 1 is 0.826 bits per heavy atom. The maximum atomic E-state index is 12.9. The normalized spacial score (nSPS) is 18.9. The molecule has 0 aromatic rings. The van der Waals surface area contributed by atoms with Crippen LogP contribution < -0.4 is 0 Å². The van der Waals surface area contributed by atoms with Gasteiger partial charge in [-0.2, -0.15) is 0 Å². The van der Waals surface area contributed by atoms with Gasteiger partial charge in [0, 0.05) is 0 Å². The van der Waals surface area contributed by atoms with Crippen molar-refractivity contribution in [2.24, 2.45) is 5.92 Å². The van der Waals surface area contributed by atoms with Gasteiger partial charge in [0.1, 0.15) is 0 Å². The van der Waals surface area contributed by atoms with E-state index in [1.165, 1.54) is 57.8 Å². The molecule has 0 spiro atoms. The molecule has 0 saturated heterocycles. The lowest BCUT2D eigenvalue weighted by molar-refractivity contribution is 0.182. The number of hydrogen-bond donors (Lipinski definition) is 0. The molecule has 1 saturated carbocycles. The molecular weight excluding hydrogens is 307 g/mol. The summed E-state index contributed by atoms with van der Waals surface area (Å²) in [5.74, 6) is 0.775. The zero-order valence-electron chi connectivity index (χ0n) is 15.6. The van der Waals surface area contributed by atoms with Crippen LogP contribution in [0.1, 0.15) is 97.3 Å². The van der Waals surface area contributed by atoms with E-state index < -0.39 is 7.60 Å².